The Labute approximate surface area is 302 Å². The van der Waals surface area contributed by atoms with Crippen molar-refractivity contribution in [3.8, 4) is 12.3 Å². The van der Waals surface area contributed by atoms with Crippen LogP contribution in [0.3, 0.4) is 0 Å². The van der Waals surface area contributed by atoms with E-state index in [0.29, 0.717) is 41.3 Å². The molecule has 1 saturated heterocycles. The van der Waals surface area contributed by atoms with E-state index in [9.17, 15) is 19.5 Å². The first-order valence-corrected chi connectivity index (χ1v) is 18.3. The molecule has 0 radical (unpaired) electrons. The van der Waals surface area contributed by atoms with Gasteiger partial charge in [-0.2, -0.15) is 0 Å². The zero-order valence-corrected chi connectivity index (χ0v) is 29.5. The van der Waals surface area contributed by atoms with Crippen molar-refractivity contribution in [2.24, 2.45) is 0 Å². The third kappa shape index (κ3) is 6.29. The Kier molecular flexibility index (Phi) is 10.9. The molecule has 2 spiro atoms. The SMILES string of the molecule is C#CCCCCCCCCN1[C@@H](C(=O)Nc2ccc(C(=O)O)cc2)[C@H](c2cccc(Cl)c2F)[C@]2(C(=O)Nc3cc(Cl)ccc32)C12CCCCC2. The Bertz CT molecular complexity index is 1800. The van der Waals surface area contributed by atoms with E-state index in [1.54, 1.807) is 36.4 Å². The van der Waals surface area contributed by atoms with Crippen LogP contribution in [-0.4, -0.2) is 45.9 Å². The first kappa shape index (κ1) is 35.9. The zero-order valence-electron chi connectivity index (χ0n) is 28.0. The highest BCUT2D eigenvalue weighted by Gasteiger charge is 2.75. The second-order valence-corrected chi connectivity index (χ2v) is 14.6. The van der Waals surface area contributed by atoms with Gasteiger partial charge in [0.2, 0.25) is 11.8 Å². The molecule has 10 heteroatoms. The average molecular weight is 719 g/mol. The van der Waals surface area contributed by atoms with E-state index in [0.717, 1.165) is 64.2 Å². The number of terminal acetylenes is 1. The summed E-state index contributed by atoms with van der Waals surface area (Å²) in [7, 11) is 0. The molecular weight excluding hydrogens is 676 g/mol. The van der Waals surface area contributed by atoms with Gasteiger partial charge in [0.15, 0.2) is 0 Å². The van der Waals surface area contributed by atoms with Gasteiger partial charge in [-0.1, -0.05) is 86.3 Å². The molecule has 0 aromatic heterocycles. The Hall–Kier alpha value is -3.90. The number of hydrogen-bond donors (Lipinski definition) is 3. The van der Waals surface area contributed by atoms with Crippen molar-refractivity contribution in [2.45, 2.75) is 100.0 Å². The highest BCUT2D eigenvalue weighted by atomic mass is 35.5. The third-order valence-corrected chi connectivity index (χ3v) is 11.6. The summed E-state index contributed by atoms with van der Waals surface area (Å²) >= 11 is 12.9. The minimum absolute atomic E-state index is 0.0849. The van der Waals surface area contributed by atoms with E-state index < -0.39 is 40.6 Å². The second kappa shape index (κ2) is 15.1. The molecule has 50 heavy (non-hydrogen) atoms. The van der Waals surface area contributed by atoms with Crippen LogP contribution >= 0.6 is 23.2 Å². The molecule has 3 atom stereocenters. The summed E-state index contributed by atoms with van der Waals surface area (Å²) in [5.41, 5.74) is -0.202. The van der Waals surface area contributed by atoms with E-state index in [4.69, 9.17) is 29.6 Å². The number of hydrogen-bond acceptors (Lipinski definition) is 4. The normalized spacial score (nSPS) is 22.3. The number of benzene rings is 3. The van der Waals surface area contributed by atoms with Gasteiger partial charge >= 0.3 is 5.97 Å². The van der Waals surface area contributed by atoms with Gasteiger partial charge in [0.05, 0.1) is 16.6 Å². The topological polar surface area (TPSA) is 98.7 Å². The van der Waals surface area contributed by atoms with Crippen molar-refractivity contribution < 1.29 is 23.9 Å². The quantitative estimate of drug-likeness (QED) is 0.128. The maximum Gasteiger partial charge on any atom is 0.335 e. The fourth-order valence-corrected chi connectivity index (χ4v) is 9.39. The van der Waals surface area contributed by atoms with Crippen molar-refractivity contribution in [3.05, 3.63) is 93.2 Å². The number of nitrogens with zero attached hydrogens (tertiary/aromatic N) is 1. The molecular formula is C40H42Cl2FN3O4. The molecule has 1 saturated carbocycles. The Morgan fingerprint density at radius 2 is 1.68 bits per heavy atom. The van der Waals surface area contributed by atoms with Gasteiger partial charge in [-0.3, -0.25) is 14.5 Å². The molecule has 2 aliphatic heterocycles. The first-order valence-electron chi connectivity index (χ1n) is 17.6. The molecule has 3 aromatic carbocycles. The molecule has 262 valence electrons. The molecule has 2 heterocycles. The maximum atomic E-state index is 16.5. The summed E-state index contributed by atoms with van der Waals surface area (Å²) in [5.74, 6) is -0.669. The lowest BCUT2D eigenvalue weighted by Crippen LogP contribution is -2.61. The van der Waals surface area contributed by atoms with Gasteiger partial charge in [-0.15, -0.1) is 12.3 Å². The van der Waals surface area contributed by atoms with Gasteiger partial charge < -0.3 is 15.7 Å². The van der Waals surface area contributed by atoms with E-state index in [1.165, 1.54) is 18.2 Å². The summed E-state index contributed by atoms with van der Waals surface area (Å²) in [6, 6.07) is 15.1. The molecule has 6 rings (SSSR count). The molecule has 3 aliphatic rings. The minimum atomic E-state index is -1.34. The number of carbonyl (C=O) groups is 3. The van der Waals surface area contributed by atoms with Gasteiger partial charge in [-0.05, 0) is 85.8 Å². The smallest absolute Gasteiger partial charge is 0.335 e. The van der Waals surface area contributed by atoms with Crippen LogP contribution in [0.1, 0.15) is 104 Å². The zero-order chi connectivity index (χ0) is 35.5. The van der Waals surface area contributed by atoms with Crippen LogP contribution in [0.2, 0.25) is 10.0 Å². The Morgan fingerprint density at radius 3 is 2.38 bits per heavy atom. The minimum Gasteiger partial charge on any atom is -0.478 e. The molecule has 2 amide bonds. The average Bonchev–Trinajstić information content (AvgIpc) is 3.52. The summed E-state index contributed by atoms with van der Waals surface area (Å²) in [6.07, 6.45) is 16.0. The fourth-order valence-electron chi connectivity index (χ4n) is 9.03. The number of halogens is 3. The van der Waals surface area contributed by atoms with Gasteiger partial charge in [0.25, 0.3) is 0 Å². The van der Waals surface area contributed by atoms with Gasteiger partial charge in [0, 0.05) is 34.3 Å². The van der Waals surface area contributed by atoms with Crippen LogP contribution in [0.15, 0.2) is 60.7 Å². The monoisotopic (exact) mass is 717 g/mol. The molecule has 2 fully saturated rings. The molecule has 3 aromatic rings. The van der Waals surface area contributed by atoms with Crippen LogP contribution in [0, 0.1) is 18.2 Å². The van der Waals surface area contributed by atoms with E-state index in [2.05, 4.69) is 21.5 Å². The van der Waals surface area contributed by atoms with Crippen LogP contribution in [0.4, 0.5) is 15.8 Å². The summed E-state index contributed by atoms with van der Waals surface area (Å²) in [6.45, 7) is 0.525. The number of unbranched alkanes of at least 4 members (excludes halogenated alkanes) is 6. The summed E-state index contributed by atoms with van der Waals surface area (Å²) in [4.78, 5) is 43.6. The van der Waals surface area contributed by atoms with Crippen LogP contribution in [0.5, 0.6) is 0 Å². The molecule has 0 unspecified atom stereocenters. The number of nitrogens with one attached hydrogen (secondary N) is 2. The van der Waals surface area contributed by atoms with Crippen molar-refractivity contribution in [1.82, 2.24) is 4.90 Å². The second-order valence-electron chi connectivity index (χ2n) is 13.8. The number of carboxylic acid groups (broad SMARTS) is 1. The lowest BCUT2D eigenvalue weighted by molar-refractivity contribution is -0.127. The number of aromatic carboxylic acids is 1. The number of rotatable bonds is 12. The van der Waals surface area contributed by atoms with Crippen molar-refractivity contribution in [2.75, 3.05) is 17.2 Å². The number of carbonyl (C=O) groups excluding carboxylic acids is 2. The number of carboxylic acids is 1. The fraction of sp³-hybridized carbons (Fsp3) is 0.425. The lowest BCUT2D eigenvalue weighted by atomic mass is 9.55. The summed E-state index contributed by atoms with van der Waals surface area (Å²) < 4.78 is 16.5. The largest absolute Gasteiger partial charge is 0.478 e. The number of anilines is 2. The van der Waals surface area contributed by atoms with Crippen LogP contribution in [0.25, 0.3) is 0 Å². The lowest BCUT2D eigenvalue weighted by Gasteiger charge is -2.51. The Morgan fingerprint density at radius 1 is 0.980 bits per heavy atom. The van der Waals surface area contributed by atoms with Gasteiger partial charge in [0.1, 0.15) is 11.2 Å². The van der Waals surface area contributed by atoms with E-state index in [1.807, 2.05) is 6.07 Å². The molecule has 0 bridgehead atoms. The number of amides is 2. The third-order valence-electron chi connectivity index (χ3n) is 11.1. The first-order chi connectivity index (χ1) is 24.2. The van der Waals surface area contributed by atoms with Crippen molar-refractivity contribution >= 4 is 52.4 Å². The van der Waals surface area contributed by atoms with E-state index >= 15 is 4.39 Å². The van der Waals surface area contributed by atoms with Crippen LogP contribution < -0.4 is 10.6 Å². The standard InChI is InChI=1S/C40H42Cl2FN3O4/c1-2-3-4-5-6-7-8-12-24-46-35(36(47)44-28-19-16-26(17-20-28)37(48)49)33(29-14-13-15-31(42)34(29)43)40(39(46)22-10-9-11-23-39)30-21-18-27(41)25-32(30)45-38(40)50/h1,13-21,25,33,35H,3-12,22-24H2,(H,44,47)(H,45,50)(H,48,49)/t33-,35+,40+/m0/s1. The molecule has 7 nitrogen and oxygen atoms in total. The highest BCUT2D eigenvalue weighted by Crippen LogP contribution is 2.66. The predicted octanol–water partition coefficient (Wildman–Crippen LogP) is 9.19. The highest BCUT2D eigenvalue weighted by molar-refractivity contribution is 6.31. The molecule has 3 N–H and O–H groups in total. The van der Waals surface area contributed by atoms with Crippen molar-refractivity contribution in [3.63, 3.8) is 0 Å². The number of fused-ring (bicyclic) bond motifs is 3. The predicted molar refractivity (Wildman–Crippen MR) is 195 cm³/mol. The van der Waals surface area contributed by atoms with E-state index in [-0.39, 0.29) is 22.1 Å². The number of likely N-dealkylation sites (tertiary alicyclic amines) is 1. The van der Waals surface area contributed by atoms with Gasteiger partial charge in [-0.25, -0.2) is 9.18 Å². The van der Waals surface area contributed by atoms with Crippen molar-refractivity contribution in [1.29, 1.82) is 0 Å². The Balaban J connectivity index is 1.51. The summed E-state index contributed by atoms with van der Waals surface area (Å²) in [5, 5.41) is 15.9. The van der Waals surface area contributed by atoms with Crippen LogP contribution in [-0.2, 0) is 15.0 Å². The molecule has 1 aliphatic carbocycles. The maximum absolute atomic E-state index is 16.5.